The van der Waals surface area contributed by atoms with Crippen LogP contribution in [0.3, 0.4) is 0 Å². The molecule has 8 heteroatoms. The van der Waals surface area contributed by atoms with Crippen LogP contribution in [0.1, 0.15) is 5.56 Å². The molecule has 0 atom stereocenters. The number of aryl methyl sites for hydroxylation is 1. The van der Waals surface area contributed by atoms with Gasteiger partial charge in [-0.2, -0.15) is 0 Å². The minimum Gasteiger partial charge on any atom is -0.480 e. The summed E-state index contributed by atoms with van der Waals surface area (Å²) < 4.78 is 4.88. The van der Waals surface area contributed by atoms with Gasteiger partial charge in [-0.1, -0.05) is 0 Å². The summed E-state index contributed by atoms with van der Waals surface area (Å²) >= 11 is 0. The molecule has 0 saturated heterocycles. The first kappa shape index (κ1) is 14.8. The highest BCUT2D eigenvalue weighted by atomic mass is 16.6. The van der Waals surface area contributed by atoms with Crippen molar-refractivity contribution in [1.82, 2.24) is 4.98 Å². The Morgan fingerprint density at radius 1 is 1.63 bits per heavy atom. The Labute approximate surface area is 109 Å². The van der Waals surface area contributed by atoms with E-state index in [4.69, 9.17) is 9.84 Å². The fourth-order valence-corrected chi connectivity index (χ4v) is 1.51. The summed E-state index contributed by atoms with van der Waals surface area (Å²) in [6.07, 6.45) is 1.36. The van der Waals surface area contributed by atoms with E-state index in [0.29, 0.717) is 12.2 Å². The quantitative estimate of drug-likeness (QED) is 0.577. The molecule has 1 aromatic rings. The van der Waals surface area contributed by atoms with Crippen LogP contribution < -0.4 is 4.90 Å². The maximum atomic E-state index is 10.9. The first-order valence-corrected chi connectivity index (χ1v) is 5.52. The molecular formula is C11H15N3O5. The first-order chi connectivity index (χ1) is 8.95. The molecule has 0 saturated carbocycles. The molecule has 0 aliphatic heterocycles. The molecule has 0 bridgehead atoms. The van der Waals surface area contributed by atoms with Gasteiger partial charge in [-0.25, -0.2) is 4.98 Å². The lowest BCUT2D eigenvalue weighted by Crippen LogP contribution is -2.33. The average molecular weight is 269 g/mol. The number of pyridine rings is 1. The molecule has 0 aromatic carbocycles. The van der Waals surface area contributed by atoms with Gasteiger partial charge < -0.3 is 14.7 Å². The van der Waals surface area contributed by atoms with Crippen molar-refractivity contribution in [2.75, 3.05) is 31.7 Å². The van der Waals surface area contributed by atoms with Crippen LogP contribution in [0, 0.1) is 17.0 Å². The number of nitro groups is 1. The highest BCUT2D eigenvalue weighted by Gasteiger charge is 2.17. The Bertz CT molecular complexity index is 477. The van der Waals surface area contributed by atoms with Crippen molar-refractivity contribution >= 4 is 17.5 Å². The van der Waals surface area contributed by atoms with Crippen LogP contribution in [0.25, 0.3) is 0 Å². The molecule has 8 nitrogen and oxygen atoms in total. The third-order valence-corrected chi connectivity index (χ3v) is 2.47. The second kappa shape index (κ2) is 6.64. The van der Waals surface area contributed by atoms with Crippen molar-refractivity contribution in [3.8, 4) is 0 Å². The van der Waals surface area contributed by atoms with Crippen LogP contribution in [-0.2, 0) is 9.53 Å². The standard InChI is InChI=1S/C11H15N3O5/c1-8-6-12-10(5-9(8)14(17)18)13(3-4-19-2)7-11(15)16/h5-6H,3-4,7H2,1-2H3,(H,15,16). The number of ether oxygens (including phenoxy) is 1. The molecule has 0 unspecified atom stereocenters. The highest BCUT2D eigenvalue weighted by Crippen LogP contribution is 2.22. The van der Waals surface area contributed by atoms with Crippen molar-refractivity contribution in [1.29, 1.82) is 0 Å². The zero-order valence-corrected chi connectivity index (χ0v) is 10.7. The number of carboxylic acids is 1. The Morgan fingerprint density at radius 2 is 2.32 bits per heavy atom. The Kier molecular flexibility index (Phi) is 5.19. The summed E-state index contributed by atoms with van der Waals surface area (Å²) in [6, 6.07) is 1.27. The molecule has 1 rings (SSSR count). The van der Waals surface area contributed by atoms with Gasteiger partial charge >= 0.3 is 5.97 Å². The van der Waals surface area contributed by atoms with E-state index < -0.39 is 10.9 Å². The van der Waals surface area contributed by atoms with E-state index in [0.717, 1.165) is 0 Å². The van der Waals surface area contributed by atoms with Crippen molar-refractivity contribution in [3.05, 3.63) is 27.9 Å². The summed E-state index contributed by atoms with van der Waals surface area (Å²) in [6.45, 7) is 1.87. The van der Waals surface area contributed by atoms with E-state index in [1.807, 2.05) is 0 Å². The van der Waals surface area contributed by atoms with Gasteiger partial charge in [-0.05, 0) is 6.92 Å². The monoisotopic (exact) mass is 269 g/mol. The van der Waals surface area contributed by atoms with Crippen LogP contribution in [0.5, 0.6) is 0 Å². The molecule has 0 aliphatic rings. The normalized spacial score (nSPS) is 10.2. The van der Waals surface area contributed by atoms with Crippen molar-refractivity contribution < 1.29 is 19.6 Å². The van der Waals surface area contributed by atoms with Gasteiger partial charge in [0.2, 0.25) is 0 Å². The molecular weight excluding hydrogens is 254 g/mol. The highest BCUT2D eigenvalue weighted by molar-refractivity contribution is 5.73. The maximum absolute atomic E-state index is 10.9. The second-order valence-corrected chi connectivity index (χ2v) is 3.89. The molecule has 104 valence electrons. The van der Waals surface area contributed by atoms with Gasteiger partial charge in [0.15, 0.2) is 0 Å². The second-order valence-electron chi connectivity index (χ2n) is 3.89. The van der Waals surface area contributed by atoms with Gasteiger partial charge in [0.1, 0.15) is 12.4 Å². The Morgan fingerprint density at radius 3 is 2.84 bits per heavy atom. The summed E-state index contributed by atoms with van der Waals surface area (Å²) in [5.41, 5.74) is 0.341. The van der Waals surface area contributed by atoms with E-state index in [-0.39, 0.29) is 24.6 Å². The topological polar surface area (TPSA) is 106 Å². The third kappa shape index (κ3) is 4.18. The number of hydrogen-bond donors (Lipinski definition) is 1. The number of carboxylic acid groups (broad SMARTS) is 1. The zero-order valence-electron chi connectivity index (χ0n) is 10.7. The molecule has 1 N–H and O–H groups in total. The van der Waals surface area contributed by atoms with E-state index in [2.05, 4.69) is 4.98 Å². The lowest BCUT2D eigenvalue weighted by atomic mass is 10.2. The number of aliphatic carboxylic acids is 1. The van der Waals surface area contributed by atoms with Gasteiger partial charge in [0, 0.05) is 25.4 Å². The third-order valence-electron chi connectivity index (χ3n) is 2.47. The van der Waals surface area contributed by atoms with Crippen LogP contribution in [0.15, 0.2) is 12.3 Å². The predicted octanol–water partition coefficient (Wildman–Crippen LogP) is 0.836. The van der Waals surface area contributed by atoms with E-state index in [9.17, 15) is 14.9 Å². The van der Waals surface area contributed by atoms with Crippen LogP contribution in [-0.4, -0.2) is 47.8 Å². The van der Waals surface area contributed by atoms with Crippen LogP contribution in [0.2, 0.25) is 0 Å². The molecule has 0 aliphatic carbocycles. The molecule has 0 fully saturated rings. The Balaban J connectivity index is 3.03. The van der Waals surface area contributed by atoms with Gasteiger partial charge in [0.05, 0.1) is 17.6 Å². The van der Waals surface area contributed by atoms with E-state index in [1.54, 1.807) is 6.92 Å². The number of nitrogens with zero attached hydrogens (tertiary/aromatic N) is 3. The smallest absolute Gasteiger partial charge is 0.323 e. The lowest BCUT2D eigenvalue weighted by Gasteiger charge is -2.21. The minimum absolute atomic E-state index is 0.0854. The molecule has 0 radical (unpaired) electrons. The predicted molar refractivity (Wildman–Crippen MR) is 67.4 cm³/mol. The molecule has 1 heterocycles. The van der Waals surface area contributed by atoms with Gasteiger partial charge in [-0.3, -0.25) is 14.9 Å². The van der Waals surface area contributed by atoms with Crippen molar-refractivity contribution in [3.63, 3.8) is 0 Å². The van der Waals surface area contributed by atoms with Crippen LogP contribution >= 0.6 is 0 Å². The number of methoxy groups -OCH3 is 1. The number of aromatic nitrogens is 1. The van der Waals surface area contributed by atoms with Gasteiger partial charge in [-0.15, -0.1) is 0 Å². The van der Waals surface area contributed by atoms with E-state index in [1.165, 1.54) is 24.3 Å². The Hall–Kier alpha value is -2.22. The first-order valence-electron chi connectivity index (χ1n) is 5.52. The molecule has 1 aromatic heterocycles. The SMILES string of the molecule is COCCN(CC(=O)O)c1cc([N+](=O)[O-])c(C)cn1. The summed E-state index contributed by atoms with van der Waals surface area (Å²) in [7, 11) is 1.49. The molecule has 0 spiro atoms. The zero-order chi connectivity index (χ0) is 14.4. The fourth-order valence-electron chi connectivity index (χ4n) is 1.51. The number of carbonyl (C=O) groups is 1. The van der Waals surface area contributed by atoms with E-state index >= 15 is 0 Å². The van der Waals surface area contributed by atoms with Crippen molar-refractivity contribution in [2.45, 2.75) is 6.92 Å². The largest absolute Gasteiger partial charge is 0.480 e. The number of hydrogen-bond acceptors (Lipinski definition) is 6. The average Bonchev–Trinajstić information content (AvgIpc) is 2.34. The van der Waals surface area contributed by atoms with Crippen LogP contribution in [0.4, 0.5) is 11.5 Å². The fraction of sp³-hybridized carbons (Fsp3) is 0.455. The van der Waals surface area contributed by atoms with Gasteiger partial charge in [0.25, 0.3) is 5.69 Å². The number of anilines is 1. The lowest BCUT2D eigenvalue weighted by molar-refractivity contribution is -0.385. The summed E-state index contributed by atoms with van der Waals surface area (Å²) in [5, 5.41) is 19.7. The molecule has 0 amide bonds. The maximum Gasteiger partial charge on any atom is 0.323 e. The molecule has 19 heavy (non-hydrogen) atoms. The van der Waals surface area contributed by atoms with Crippen molar-refractivity contribution in [2.24, 2.45) is 0 Å². The summed E-state index contributed by atoms with van der Waals surface area (Å²) in [4.78, 5) is 26.6. The minimum atomic E-state index is -1.04. The summed E-state index contributed by atoms with van der Waals surface area (Å²) in [5.74, 6) is -0.794. The number of rotatable bonds is 7.